The monoisotopic (exact) mass is 283 g/mol. The maximum absolute atomic E-state index is 12.0. The van der Waals surface area contributed by atoms with Crippen LogP contribution in [0.2, 0.25) is 5.02 Å². The van der Waals surface area contributed by atoms with Crippen LogP contribution in [0, 0.1) is 5.92 Å². The Morgan fingerprint density at radius 3 is 2.68 bits per heavy atom. The third kappa shape index (κ3) is 3.86. The van der Waals surface area contributed by atoms with Crippen molar-refractivity contribution in [3.05, 3.63) is 34.9 Å². The summed E-state index contributed by atoms with van der Waals surface area (Å²) in [5.41, 5.74) is 6.31. The molecule has 1 aromatic rings. The van der Waals surface area contributed by atoms with Crippen LogP contribution in [0.4, 0.5) is 0 Å². The number of rotatable bonds is 5. The zero-order valence-corrected chi connectivity index (χ0v) is 11.7. The van der Waals surface area contributed by atoms with E-state index < -0.39 is 5.92 Å². The molecule has 6 heteroatoms. The van der Waals surface area contributed by atoms with Crippen LogP contribution in [0.1, 0.15) is 31.9 Å². The van der Waals surface area contributed by atoms with Crippen molar-refractivity contribution >= 4 is 23.3 Å². The number of nitrogens with two attached hydrogens (primary N) is 1. The van der Waals surface area contributed by atoms with Gasteiger partial charge in [0.25, 0.3) is 0 Å². The number of carbonyl (C=O) groups excluding carboxylic acids is 1. The summed E-state index contributed by atoms with van der Waals surface area (Å²) in [5.74, 6) is -1.02. The number of carbonyl (C=O) groups is 1. The molecule has 0 aliphatic rings. The van der Waals surface area contributed by atoms with E-state index >= 15 is 0 Å². The Morgan fingerprint density at radius 2 is 2.16 bits per heavy atom. The number of halogens is 1. The minimum Gasteiger partial charge on any atom is -0.409 e. The number of nitrogens with zero attached hydrogens (tertiary/aromatic N) is 1. The van der Waals surface area contributed by atoms with Crippen molar-refractivity contribution in [1.29, 1.82) is 0 Å². The van der Waals surface area contributed by atoms with Crippen molar-refractivity contribution in [1.82, 2.24) is 5.32 Å². The molecule has 0 aromatic heterocycles. The molecule has 104 valence electrons. The Labute approximate surface area is 117 Å². The minimum absolute atomic E-state index is 0.0913. The van der Waals surface area contributed by atoms with Gasteiger partial charge in [0.2, 0.25) is 5.91 Å². The van der Waals surface area contributed by atoms with Crippen LogP contribution in [-0.2, 0) is 4.79 Å². The second-order valence-electron chi connectivity index (χ2n) is 4.24. The largest absolute Gasteiger partial charge is 0.409 e. The Bertz CT molecular complexity index is 477. The van der Waals surface area contributed by atoms with Crippen molar-refractivity contribution in [2.45, 2.75) is 26.3 Å². The molecule has 0 aliphatic carbocycles. The molecule has 0 saturated heterocycles. The number of hydrogen-bond acceptors (Lipinski definition) is 3. The number of oxime groups is 1. The second-order valence-corrected chi connectivity index (χ2v) is 4.64. The van der Waals surface area contributed by atoms with Gasteiger partial charge in [0.15, 0.2) is 5.84 Å². The van der Waals surface area contributed by atoms with E-state index in [1.807, 2.05) is 25.1 Å². The van der Waals surface area contributed by atoms with Crippen LogP contribution in [0.5, 0.6) is 0 Å². The standard InChI is InChI=1S/C13H18ClN3O2/c1-3-9(12(15)17-19)13(18)16-8(2)10-6-4-5-7-11(10)14/h4-9,19H,3H2,1-2H3,(H2,15,17)(H,16,18). The normalized spacial score (nSPS) is 14.8. The smallest absolute Gasteiger partial charge is 0.231 e. The quantitative estimate of drug-likeness (QED) is 0.335. The first-order valence-electron chi connectivity index (χ1n) is 6.03. The fourth-order valence-corrected chi connectivity index (χ4v) is 2.12. The molecule has 2 unspecified atom stereocenters. The van der Waals surface area contributed by atoms with Crippen molar-refractivity contribution in [3.8, 4) is 0 Å². The van der Waals surface area contributed by atoms with Gasteiger partial charge in [0, 0.05) is 5.02 Å². The highest BCUT2D eigenvalue weighted by Crippen LogP contribution is 2.22. The van der Waals surface area contributed by atoms with E-state index in [0.29, 0.717) is 11.4 Å². The van der Waals surface area contributed by atoms with Crippen LogP contribution in [0.25, 0.3) is 0 Å². The van der Waals surface area contributed by atoms with Gasteiger partial charge in [-0.15, -0.1) is 0 Å². The molecule has 19 heavy (non-hydrogen) atoms. The molecule has 1 rings (SSSR count). The van der Waals surface area contributed by atoms with Crippen molar-refractivity contribution in [2.24, 2.45) is 16.8 Å². The number of benzene rings is 1. The predicted octanol–water partition coefficient (Wildman–Crippen LogP) is 2.29. The van der Waals surface area contributed by atoms with Gasteiger partial charge in [-0.1, -0.05) is 41.9 Å². The number of nitrogens with one attached hydrogen (secondary N) is 1. The molecule has 0 aliphatic heterocycles. The summed E-state index contributed by atoms with van der Waals surface area (Å²) in [6.07, 6.45) is 0.455. The average Bonchev–Trinajstić information content (AvgIpc) is 2.39. The van der Waals surface area contributed by atoms with Crippen LogP contribution >= 0.6 is 11.6 Å². The molecule has 1 aromatic carbocycles. The number of amidine groups is 1. The summed E-state index contributed by atoms with van der Waals surface area (Å²) in [7, 11) is 0. The summed E-state index contributed by atoms with van der Waals surface area (Å²) in [6.45, 7) is 3.63. The average molecular weight is 284 g/mol. The van der Waals surface area contributed by atoms with Gasteiger partial charge >= 0.3 is 0 Å². The highest BCUT2D eigenvalue weighted by Gasteiger charge is 2.23. The van der Waals surface area contributed by atoms with Gasteiger partial charge in [-0.05, 0) is 25.0 Å². The minimum atomic E-state index is -0.644. The number of hydrogen-bond donors (Lipinski definition) is 3. The lowest BCUT2D eigenvalue weighted by Gasteiger charge is -2.19. The van der Waals surface area contributed by atoms with E-state index in [1.165, 1.54) is 0 Å². The van der Waals surface area contributed by atoms with Gasteiger partial charge in [0.05, 0.1) is 12.0 Å². The molecule has 0 bridgehead atoms. The van der Waals surface area contributed by atoms with Crippen molar-refractivity contribution in [3.63, 3.8) is 0 Å². The Morgan fingerprint density at radius 1 is 1.53 bits per heavy atom. The summed E-state index contributed by atoms with van der Waals surface area (Å²) in [4.78, 5) is 12.0. The van der Waals surface area contributed by atoms with E-state index in [9.17, 15) is 4.79 Å². The van der Waals surface area contributed by atoms with Crippen molar-refractivity contribution in [2.75, 3.05) is 0 Å². The summed E-state index contributed by atoms with van der Waals surface area (Å²) in [6, 6.07) is 7.04. The zero-order chi connectivity index (χ0) is 14.4. The topological polar surface area (TPSA) is 87.7 Å². The summed E-state index contributed by atoms with van der Waals surface area (Å²) in [5, 5.41) is 14.9. The van der Waals surface area contributed by atoms with E-state index in [0.717, 1.165) is 5.56 Å². The van der Waals surface area contributed by atoms with E-state index in [2.05, 4.69) is 10.5 Å². The van der Waals surface area contributed by atoms with Gasteiger partial charge in [0.1, 0.15) is 0 Å². The first-order valence-corrected chi connectivity index (χ1v) is 6.41. The molecule has 4 N–H and O–H groups in total. The molecule has 0 spiro atoms. The lowest BCUT2D eigenvalue weighted by Crippen LogP contribution is -2.39. The van der Waals surface area contributed by atoms with Gasteiger partial charge in [-0.3, -0.25) is 4.79 Å². The molecule has 0 saturated carbocycles. The maximum atomic E-state index is 12.0. The van der Waals surface area contributed by atoms with Gasteiger partial charge < -0.3 is 16.3 Å². The zero-order valence-electron chi connectivity index (χ0n) is 10.9. The summed E-state index contributed by atoms with van der Waals surface area (Å²) < 4.78 is 0. The lowest BCUT2D eigenvalue weighted by atomic mass is 10.0. The summed E-state index contributed by atoms with van der Waals surface area (Å²) >= 11 is 6.07. The Balaban J connectivity index is 2.79. The van der Waals surface area contributed by atoms with Gasteiger partial charge in [-0.2, -0.15) is 0 Å². The lowest BCUT2D eigenvalue weighted by molar-refractivity contribution is -0.123. The fraction of sp³-hybridized carbons (Fsp3) is 0.385. The SMILES string of the molecule is CCC(C(=O)NC(C)c1ccccc1Cl)C(N)=NO. The maximum Gasteiger partial charge on any atom is 0.231 e. The van der Waals surface area contributed by atoms with Crippen LogP contribution in [0.15, 0.2) is 29.4 Å². The molecule has 0 heterocycles. The highest BCUT2D eigenvalue weighted by molar-refractivity contribution is 6.31. The first kappa shape index (κ1) is 15.3. The molecular formula is C13H18ClN3O2. The Hall–Kier alpha value is -1.75. The van der Waals surface area contributed by atoms with Gasteiger partial charge in [-0.25, -0.2) is 0 Å². The molecule has 5 nitrogen and oxygen atoms in total. The van der Waals surface area contributed by atoms with Crippen LogP contribution in [0.3, 0.4) is 0 Å². The second kappa shape index (κ2) is 6.99. The predicted molar refractivity (Wildman–Crippen MR) is 75.2 cm³/mol. The third-order valence-corrected chi connectivity index (χ3v) is 3.27. The van der Waals surface area contributed by atoms with Crippen molar-refractivity contribution < 1.29 is 10.0 Å². The molecule has 2 atom stereocenters. The Kier molecular flexibility index (Phi) is 5.63. The molecule has 1 amide bonds. The molecule has 0 radical (unpaired) electrons. The number of amides is 1. The van der Waals surface area contributed by atoms with Crippen LogP contribution in [-0.4, -0.2) is 17.0 Å². The molecule has 0 fully saturated rings. The van der Waals surface area contributed by atoms with E-state index in [-0.39, 0.29) is 17.8 Å². The fourth-order valence-electron chi connectivity index (χ4n) is 1.82. The third-order valence-electron chi connectivity index (χ3n) is 2.93. The highest BCUT2D eigenvalue weighted by atomic mass is 35.5. The van der Waals surface area contributed by atoms with Crippen LogP contribution < -0.4 is 11.1 Å². The van der Waals surface area contributed by atoms with E-state index in [4.69, 9.17) is 22.5 Å². The van der Waals surface area contributed by atoms with E-state index in [1.54, 1.807) is 13.0 Å². The molecular weight excluding hydrogens is 266 g/mol. The first-order chi connectivity index (χ1) is 9.01.